The van der Waals surface area contributed by atoms with E-state index in [-0.39, 0.29) is 11.6 Å². The van der Waals surface area contributed by atoms with Crippen LogP contribution in [0.15, 0.2) is 35.2 Å². The molecule has 5 nitrogen and oxygen atoms in total. The first kappa shape index (κ1) is 17.8. The van der Waals surface area contributed by atoms with Crippen molar-refractivity contribution in [3.8, 4) is 5.69 Å². The van der Waals surface area contributed by atoms with Crippen LogP contribution in [0.1, 0.15) is 43.1 Å². The predicted molar refractivity (Wildman–Crippen MR) is 101 cm³/mol. The van der Waals surface area contributed by atoms with E-state index in [4.69, 9.17) is 0 Å². The summed E-state index contributed by atoms with van der Waals surface area (Å²) < 4.78 is 41.5. The Morgan fingerprint density at radius 2 is 1.89 bits per heavy atom. The molecule has 5 rings (SSSR count). The van der Waals surface area contributed by atoms with E-state index in [1.54, 1.807) is 4.57 Å². The maximum Gasteiger partial charge on any atom is 0.433 e. The van der Waals surface area contributed by atoms with Crippen LogP contribution in [0.2, 0.25) is 0 Å². The molecule has 1 saturated carbocycles. The fraction of sp³-hybridized carbons (Fsp3) is 0.368. The van der Waals surface area contributed by atoms with Crippen molar-refractivity contribution in [2.45, 2.75) is 48.2 Å². The Morgan fingerprint density at radius 3 is 2.64 bits per heavy atom. The number of fused-ring (bicyclic) bond motifs is 2. The molecule has 1 aliphatic carbocycles. The molecule has 0 saturated heterocycles. The van der Waals surface area contributed by atoms with E-state index in [9.17, 15) is 18.3 Å². The lowest BCUT2D eigenvalue weighted by atomic mass is 10.1. The standard InChI is InChI=1S/C19H17F3N4OS/c20-19(21,22)15-8-7-13-17(25-15)26(16(23-13)10-3-1-2-4-10)11-5-6-12-14(9-11)28-18(27)24-12/h5-10,18,24,27H,1-4H2. The highest BCUT2D eigenvalue weighted by molar-refractivity contribution is 8.00. The summed E-state index contributed by atoms with van der Waals surface area (Å²) in [4.78, 5) is 9.43. The maximum atomic E-state index is 13.2. The average Bonchev–Trinajstić information content (AvgIpc) is 3.36. The fourth-order valence-electron chi connectivity index (χ4n) is 3.99. The number of thioether (sulfide) groups is 1. The molecule has 3 heterocycles. The number of rotatable bonds is 2. The van der Waals surface area contributed by atoms with E-state index in [0.29, 0.717) is 11.2 Å². The zero-order valence-corrected chi connectivity index (χ0v) is 15.5. The molecule has 1 fully saturated rings. The van der Waals surface area contributed by atoms with E-state index in [2.05, 4.69) is 15.3 Å². The number of halogens is 3. The van der Waals surface area contributed by atoms with E-state index in [1.165, 1.54) is 17.8 Å². The van der Waals surface area contributed by atoms with Gasteiger partial charge in [-0.05, 0) is 43.2 Å². The molecule has 0 bridgehead atoms. The third-order valence-electron chi connectivity index (χ3n) is 5.28. The molecule has 2 N–H and O–H groups in total. The molecule has 0 radical (unpaired) electrons. The van der Waals surface area contributed by atoms with Crippen LogP contribution in [0.5, 0.6) is 0 Å². The number of hydrogen-bond donors (Lipinski definition) is 2. The van der Waals surface area contributed by atoms with Gasteiger partial charge in [-0.3, -0.25) is 4.57 Å². The Kier molecular flexibility index (Phi) is 4.06. The number of anilines is 1. The average molecular weight is 406 g/mol. The molecule has 146 valence electrons. The summed E-state index contributed by atoms with van der Waals surface area (Å²) in [5.41, 5.74) is 0.533. The second-order valence-electron chi connectivity index (χ2n) is 7.12. The SMILES string of the molecule is OC1Nc2ccc(-n3c(C4CCCC4)nc4ccc(C(F)(F)F)nc43)cc2S1. The van der Waals surface area contributed by atoms with E-state index < -0.39 is 17.4 Å². The number of alkyl halides is 3. The van der Waals surface area contributed by atoms with Crippen molar-refractivity contribution in [2.75, 3.05) is 5.32 Å². The van der Waals surface area contributed by atoms with E-state index in [1.807, 2.05) is 18.2 Å². The normalized spacial score (nSPS) is 19.9. The quantitative estimate of drug-likeness (QED) is 0.634. The van der Waals surface area contributed by atoms with Gasteiger partial charge < -0.3 is 10.4 Å². The Morgan fingerprint density at radius 1 is 1.11 bits per heavy atom. The first-order chi connectivity index (χ1) is 13.4. The topological polar surface area (TPSA) is 63.0 Å². The smallest absolute Gasteiger partial charge is 0.364 e. The Hall–Kier alpha value is -2.26. The zero-order chi connectivity index (χ0) is 19.5. The lowest BCUT2D eigenvalue weighted by Gasteiger charge is -2.14. The van der Waals surface area contributed by atoms with Crippen molar-refractivity contribution >= 4 is 28.6 Å². The highest BCUT2D eigenvalue weighted by Gasteiger charge is 2.34. The molecule has 2 aliphatic rings. The Bertz CT molecular complexity index is 1060. The maximum absolute atomic E-state index is 13.2. The summed E-state index contributed by atoms with van der Waals surface area (Å²) in [6.45, 7) is 0. The number of aliphatic hydroxyl groups is 1. The number of nitrogens with one attached hydrogen (secondary N) is 1. The number of aliphatic hydroxyl groups excluding tert-OH is 1. The van der Waals surface area contributed by atoms with Crippen molar-refractivity contribution in [1.29, 1.82) is 0 Å². The molecule has 1 unspecified atom stereocenters. The summed E-state index contributed by atoms with van der Waals surface area (Å²) in [5, 5.41) is 12.7. The third-order valence-corrected chi connectivity index (χ3v) is 6.21. The number of benzene rings is 1. The van der Waals surface area contributed by atoms with Crippen LogP contribution in [0.25, 0.3) is 16.9 Å². The van der Waals surface area contributed by atoms with Gasteiger partial charge in [0.25, 0.3) is 0 Å². The molecular weight excluding hydrogens is 389 g/mol. The number of imidazole rings is 1. The van der Waals surface area contributed by atoms with E-state index >= 15 is 0 Å². The third kappa shape index (κ3) is 2.93. The largest absolute Gasteiger partial charge is 0.433 e. The van der Waals surface area contributed by atoms with Gasteiger partial charge in [-0.2, -0.15) is 13.2 Å². The van der Waals surface area contributed by atoms with Gasteiger partial charge in [-0.25, -0.2) is 9.97 Å². The van der Waals surface area contributed by atoms with Crippen LogP contribution >= 0.6 is 11.8 Å². The minimum absolute atomic E-state index is 0.202. The minimum atomic E-state index is -4.52. The molecule has 1 aliphatic heterocycles. The summed E-state index contributed by atoms with van der Waals surface area (Å²) in [5.74, 6) is 0.962. The first-order valence-corrected chi connectivity index (χ1v) is 10.0. The van der Waals surface area contributed by atoms with Gasteiger partial charge >= 0.3 is 6.18 Å². The first-order valence-electron chi connectivity index (χ1n) is 9.12. The molecule has 0 spiro atoms. The van der Waals surface area contributed by atoms with Crippen LogP contribution in [0.4, 0.5) is 18.9 Å². The highest BCUT2D eigenvalue weighted by atomic mass is 32.2. The molecule has 0 amide bonds. The van der Waals surface area contributed by atoms with Crippen molar-refractivity contribution in [3.63, 3.8) is 0 Å². The lowest BCUT2D eigenvalue weighted by molar-refractivity contribution is -0.141. The van der Waals surface area contributed by atoms with Crippen LogP contribution < -0.4 is 5.32 Å². The molecule has 2 aromatic heterocycles. The van der Waals surface area contributed by atoms with Crippen LogP contribution in [0, 0.1) is 0 Å². The zero-order valence-electron chi connectivity index (χ0n) is 14.7. The Balaban J connectivity index is 1.72. The minimum Gasteiger partial charge on any atom is -0.364 e. The van der Waals surface area contributed by atoms with Gasteiger partial charge in [0.2, 0.25) is 0 Å². The van der Waals surface area contributed by atoms with Gasteiger partial charge in [0.15, 0.2) is 11.2 Å². The van der Waals surface area contributed by atoms with Crippen molar-refractivity contribution in [3.05, 3.63) is 41.9 Å². The van der Waals surface area contributed by atoms with Gasteiger partial charge in [-0.15, -0.1) is 0 Å². The second kappa shape index (κ2) is 6.38. The lowest BCUT2D eigenvalue weighted by Crippen LogP contribution is -2.10. The molecule has 1 aromatic carbocycles. The second-order valence-corrected chi connectivity index (χ2v) is 8.24. The van der Waals surface area contributed by atoms with E-state index in [0.717, 1.165) is 48.2 Å². The number of hydrogen-bond acceptors (Lipinski definition) is 5. The van der Waals surface area contributed by atoms with Crippen LogP contribution in [-0.4, -0.2) is 25.2 Å². The molecular formula is C19H17F3N4OS. The fourth-order valence-corrected chi connectivity index (χ4v) is 4.86. The summed E-state index contributed by atoms with van der Waals surface area (Å²) in [6, 6.07) is 7.90. The van der Waals surface area contributed by atoms with Gasteiger partial charge in [0, 0.05) is 10.8 Å². The monoisotopic (exact) mass is 406 g/mol. The van der Waals surface area contributed by atoms with Gasteiger partial charge in [0.05, 0.1) is 11.4 Å². The van der Waals surface area contributed by atoms with Crippen molar-refractivity contribution < 1.29 is 18.3 Å². The number of aromatic nitrogens is 3. The van der Waals surface area contributed by atoms with Gasteiger partial charge in [-0.1, -0.05) is 24.6 Å². The van der Waals surface area contributed by atoms with Crippen LogP contribution in [0.3, 0.4) is 0 Å². The van der Waals surface area contributed by atoms with Gasteiger partial charge in [0.1, 0.15) is 17.0 Å². The molecule has 9 heteroatoms. The molecule has 1 atom stereocenters. The Labute approximate surface area is 163 Å². The van der Waals surface area contributed by atoms with Crippen LogP contribution in [-0.2, 0) is 6.18 Å². The summed E-state index contributed by atoms with van der Waals surface area (Å²) >= 11 is 1.26. The number of nitrogens with zero attached hydrogens (tertiary/aromatic N) is 3. The van der Waals surface area contributed by atoms with Crippen molar-refractivity contribution in [2.24, 2.45) is 0 Å². The highest BCUT2D eigenvalue weighted by Crippen LogP contribution is 2.41. The number of pyridine rings is 1. The summed E-state index contributed by atoms with van der Waals surface area (Å²) in [7, 11) is 0. The van der Waals surface area contributed by atoms with Crippen molar-refractivity contribution in [1.82, 2.24) is 14.5 Å². The molecule has 3 aromatic rings. The molecule has 28 heavy (non-hydrogen) atoms. The summed E-state index contributed by atoms with van der Waals surface area (Å²) in [6.07, 6.45) is -0.403. The predicted octanol–water partition coefficient (Wildman–Crippen LogP) is 4.89.